The van der Waals surface area contributed by atoms with Crippen molar-refractivity contribution in [1.29, 1.82) is 0 Å². The molecule has 0 aliphatic heterocycles. The second-order valence-electron chi connectivity index (χ2n) is 11.7. The number of carbonyl (C=O) groups excluding carboxylic acids is 2. The highest BCUT2D eigenvalue weighted by Crippen LogP contribution is 2.39. The summed E-state index contributed by atoms with van der Waals surface area (Å²) in [5, 5.41) is 26.7. The minimum atomic E-state index is -1.22. The Bertz CT molecular complexity index is 457. The van der Waals surface area contributed by atoms with E-state index < -0.39 is 20.5 Å². The van der Waals surface area contributed by atoms with Gasteiger partial charge in [0.15, 0.2) is 0 Å². The largest absolute Gasteiger partial charge is 0.554 e. The Morgan fingerprint density at radius 2 is 1.47 bits per heavy atom. The second kappa shape index (κ2) is 21.3. The lowest BCUT2D eigenvalue weighted by atomic mass is 10.2. The second-order valence-corrected chi connectivity index (χ2v) is 17.2. The molecule has 0 aromatic carbocycles. The maximum atomic E-state index is 9.03. The molecule has 0 amide bonds. The van der Waals surface area contributed by atoms with E-state index >= 15 is 0 Å². The van der Waals surface area contributed by atoms with Crippen LogP contribution in [0.3, 0.4) is 0 Å². The highest BCUT2D eigenvalue weighted by molar-refractivity contribution is 6.80. The molecule has 0 rings (SSSR count). The van der Waals surface area contributed by atoms with Crippen molar-refractivity contribution in [3.8, 4) is 0 Å². The molecule has 8 nitrogen and oxygen atoms in total. The summed E-state index contributed by atoms with van der Waals surface area (Å²) in [6.45, 7) is 17.1. The van der Waals surface area contributed by atoms with Crippen LogP contribution in [-0.2, 0) is 14.3 Å². The van der Waals surface area contributed by atoms with Gasteiger partial charge < -0.3 is 38.6 Å². The van der Waals surface area contributed by atoms with Gasteiger partial charge in [-0.15, -0.1) is 0 Å². The number of unbranched alkanes of at least 4 members (excludes halogenated alkanes) is 1. The Labute approximate surface area is 213 Å². The molecule has 1 N–H and O–H groups in total. The summed E-state index contributed by atoms with van der Waals surface area (Å²) in [5.41, 5.74) is 0. The molecular weight excluding hydrogens is 452 g/mol. The molecule has 1 unspecified atom stereocenters. The molecule has 9 heteroatoms. The van der Waals surface area contributed by atoms with Crippen LogP contribution in [0.25, 0.3) is 0 Å². The van der Waals surface area contributed by atoms with E-state index in [0.29, 0.717) is 11.6 Å². The van der Waals surface area contributed by atoms with Crippen LogP contribution in [0.1, 0.15) is 61.3 Å². The fourth-order valence-electron chi connectivity index (χ4n) is 3.38. The lowest BCUT2D eigenvalue weighted by Gasteiger charge is -2.45. The number of hydrogen-bond acceptors (Lipinski definition) is 6. The minimum absolute atomic E-state index is 0. The van der Waals surface area contributed by atoms with E-state index in [0.717, 1.165) is 41.8 Å². The van der Waals surface area contributed by atoms with E-state index in [1.54, 1.807) is 0 Å². The average molecular weight is 513 g/mol. The van der Waals surface area contributed by atoms with Gasteiger partial charge in [-0.3, -0.25) is 0 Å². The number of quaternary nitrogens is 2. The zero-order valence-electron chi connectivity index (χ0n) is 24.0. The molecule has 0 bridgehead atoms. The number of nitrogens with zero attached hydrogens (tertiary/aromatic N) is 2. The van der Waals surface area contributed by atoms with Crippen molar-refractivity contribution in [3.63, 3.8) is 0 Å². The monoisotopic (exact) mass is 512 g/mol. The van der Waals surface area contributed by atoms with Gasteiger partial charge in [-0.1, -0.05) is 54.6 Å². The Hall–Kier alpha value is -1.00. The van der Waals surface area contributed by atoms with Crippen LogP contribution >= 0.6 is 0 Å². The summed E-state index contributed by atoms with van der Waals surface area (Å²) in [5.74, 6) is -1.08. The van der Waals surface area contributed by atoms with Crippen molar-refractivity contribution in [3.05, 3.63) is 0 Å². The van der Waals surface area contributed by atoms with Gasteiger partial charge in [0.1, 0.15) is 8.07 Å². The summed E-state index contributed by atoms with van der Waals surface area (Å²) in [6.07, 6.45) is 4.11. The zero-order valence-corrected chi connectivity index (χ0v) is 25.0. The molecule has 0 aromatic heterocycles. The van der Waals surface area contributed by atoms with Crippen LogP contribution in [0.5, 0.6) is 0 Å². The first-order valence-corrected chi connectivity index (χ1v) is 14.9. The van der Waals surface area contributed by atoms with Crippen molar-refractivity contribution in [2.75, 3.05) is 68.2 Å². The summed E-state index contributed by atoms with van der Waals surface area (Å²) in [4.78, 5) is 17.1. The van der Waals surface area contributed by atoms with Crippen molar-refractivity contribution in [2.24, 2.45) is 0 Å². The molecule has 0 aliphatic carbocycles. The van der Waals surface area contributed by atoms with E-state index in [4.69, 9.17) is 29.6 Å². The Morgan fingerprint density at radius 3 is 1.74 bits per heavy atom. The number of carboxylic acids is 1. The molecule has 210 valence electrons. The number of carboxylic acid groups (broad SMARTS) is 2. The van der Waals surface area contributed by atoms with Crippen molar-refractivity contribution < 1.29 is 38.6 Å². The van der Waals surface area contributed by atoms with E-state index in [2.05, 4.69) is 76.2 Å². The zero-order chi connectivity index (χ0) is 27.5. The summed E-state index contributed by atoms with van der Waals surface area (Å²) in [7, 11) is 12.6. The molecule has 0 aliphatic rings. The molecule has 1 atom stereocenters. The SMILES string of the molecule is C.CC(=O)[O-].CC(C)(C[N+](C)(C)C)[Si](C)(C)C[N+](C)(C)C.CCCCOCC(O)CC.O=C[O-]. The number of ether oxygens (including phenoxy) is 1. The third-order valence-electron chi connectivity index (χ3n) is 5.00. The first-order chi connectivity index (χ1) is 14.6. The van der Waals surface area contributed by atoms with Gasteiger partial charge in [-0.25, -0.2) is 0 Å². The number of hydrogen-bond donors (Lipinski definition) is 1. The summed E-state index contributed by atoms with van der Waals surface area (Å²) < 4.78 is 7.34. The smallest absolute Gasteiger partial charge is 0.124 e. The fourth-order valence-corrected chi connectivity index (χ4v) is 7.09. The number of aliphatic carboxylic acids is 1. The van der Waals surface area contributed by atoms with E-state index in [1.807, 2.05) is 6.92 Å². The average Bonchev–Trinajstić information content (AvgIpc) is 2.55. The predicted octanol–water partition coefficient (Wildman–Crippen LogP) is 1.76. The fraction of sp³-hybridized carbons (Fsp3) is 0.920. The van der Waals surface area contributed by atoms with Crippen molar-refractivity contribution in [1.82, 2.24) is 0 Å². The van der Waals surface area contributed by atoms with Crippen molar-refractivity contribution in [2.45, 2.75) is 85.5 Å². The van der Waals surface area contributed by atoms with Gasteiger partial charge in [0.25, 0.3) is 0 Å². The molecule has 0 saturated heterocycles. The van der Waals surface area contributed by atoms with Crippen LogP contribution in [0, 0.1) is 0 Å². The Kier molecular flexibility index (Phi) is 27.0. The first-order valence-electron chi connectivity index (χ1n) is 11.7. The Balaban J connectivity index is -0.000000133. The molecule has 0 spiro atoms. The highest BCUT2D eigenvalue weighted by atomic mass is 28.3. The van der Waals surface area contributed by atoms with Gasteiger partial charge in [-0.2, -0.15) is 0 Å². The minimum Gasteiger partial charge on any atom is -0.554 e. The van der Waals surface area contributed by atoms with Crippen LogP contribution in [0.4, 0.5) is 0 Å². The number of aliphatic hydroxyl groups excluding tert-OH is 1. The third kappa shape index (κ3) is 35.6. The first kappa shape index (κ1) is 43.1. The predicted molar refractivity (Wildman–Crippen MR) is 143 cm³/mol. The molecule has 34 heavy (non-hydrogen) atoms. The van der Waals surface area contributed by atoms with Crippen molar-refractivity contribution >= 4 is 20.5 Å². The van der Waals surface area contributed by atoms with Gasteiger partial charge in [0.05, 0.1) is 67.7 Å². The quantitative estimate of drug-likeness (QED) is 0.195. The Morgan fingerprint density at radius 1 is 1.09 bits per heavy atom. The maximum Gasteiger partial charge on any atom is 0.124 e. The van der Waals surface area contributed by atoms with Gasteiger partial charge in [0, 0.05) is 24.1 Å². The molecule has 0 fully saturated rings. The van der Waals surface area contributed by atoms with E-state index in [9.17, 15) is 0 Å². The number of carbonyl (C=O) groups is 2. The molecular formula is C25H60N2O6Si. The molecule has 0 saturated carbocycles. The van der Waals surface area contributed by atoms with Gasteiger partial charge >= 0.3 is 0 Å². The topological polar surface area (TPSA) is 110 Å². The van der Waals surface area contributed by atoms with E-state index in [1.165, 1.54) is 12.7 Å². The number of aliphatic hydroxyl groups is 1. The number of rotatable bonds is 11. The van der Waals surface area contributed by atoms with Crippen LogP contribution < -0.4 is 10.2 Å². The summed E-state index contributed by atoms with van der Waals surface area (Å²) >= 11 is 0. The van der Waals surface area contributed by atoms with Gasteiger partial charge in [0.2, 0.25) is 0 Å². The molecule has 0 aromatic rings. The van der Waals surface area contributed by atoms with E-state index in [-0.39, 0.29) is 13.5 Å². The van der Waals surface area contributed by atoms with Crippen LogP contribution in [-0.4, -0.2) is 109 Å². The van der Waals surface area contributed by atoms with Gasteiger partial charge in [-0.05, 0) is 19.8 Å². The molecule has 0 heterocycles. The maximum absolute atomic E-state index is 9.03. The summed E-state index contributed by atoms with van der Waals surface area (Å²) in [6, 6.07) is 0. The molecule has 0 radical (unpaired) electrons. The lowest BCUT2D eigenvalue weighted by molar-refractivity contribution is -0.873. The lowest BCUT2D eigenvalue weighted by Crippen LogP contribution is -2.58. The normalized spacial score (nSPS) is 12.3. The van der Waals surface area contributed by atoms with Crippen LogP contribution in [0.15, 0.2) is 0 Å². The van der Waals surface area contributed by atoms with Crippen LogP contribution in [0.2, 0.25) is 18.1 Å². The standard InChI is InChI=1S/C13H34N2Si.C8H18O2.C2H4O2.CH2O2.CH4/c1-13(2,11-14(3,4)5)16(9,10)12-15(6,7)8;1-3-5-6-10-7-8(9)4-2;1-2(3)4;2-1-3;/h11-12H2,1-10H3;8-9H,3-7H2,1-2H3;1H3,(H,3,4);1H,(H,2,3);1H4/q+2;;;;/p-2. The third-order valence-corrected chi connectivity index (χ3v) is 10.6. The highest BCUT2D eigenvalue weighted by Gasteiger charge is 2.46.